The van der Waals surface area contributed by atoms with Crippen LogP contribution in [-0.4, -0.2) is 93.8 Å². The van der Waals surface area contributed by atoms with Crippen LogP contribution >= 0.6 is 0 Å². The van der Waals surface area contributed by atoms with Crippen LogP contribution in [-0.2, 0) is 44.9 Å². The Hall–Kier alpha value is -2.29. The van der Waals surface area contributed by atoms with Gasteiger partial charge in [0.25, 0.3) is 0 Å². The number of halogens is 1. The summed E-state index contributed by atoms with van der Waals surface area (Å²) in [5.41, 5.74) is 3.98. The molecule has 5 N–H and O–H groups in total. The average molecular weight is 886 g/mol. The Morgan fingerprint density at radius 3 is 2.04 bits per heavy atom. The van der Waals surface area contributed by atoms with E-state index in [0.717, 1.165) is 17.5 Å². The summed E-state index contributed by atoms with van der Waals surface area (Å²) in [5.74, 6) is -0.890. The number of hydrogen-bond donors (Lipinski definition) is 4. The smallest absolute Gasteiger partial charge is 0.744 e. The van der Waals surface area contributed by atoms with Gasteiger partial charge in [-0.1, -0.05) is 6.58 Å². The zero-order valence-electron chi connectivity index (χ0n) is 29.3. The summed E-state index contributed by atoms with van der Waals surface area (Å²) >= 11 is 0. The Kier molecular flexibility index (Phi) is 19.5. The van der Waals surface area contributed by atoms with Crippen molar-refractivity contribution in [1.82, 2.24) is 15.0 Å². The van der Waals surface area contributed by atoms with Crippen LogP contribution in [0.2, 0.25) is 0 Å². The maximum atomic E-state index is 14.2. The van der Waals surface area contributed by atoms with Gasteiger partial charge in [-0.2, -0.15) is 19.3 Å². The summed E-state index contributed by atoms with van der Waals surface area (Å²) < 4.78 is 149. The number of nitrogens with one attached hydrogen (secondary N) is 3. The van der Waals surface area contributed by atoms with Gasteiger partial charge in [0, 0.05) is 23.0 Å². The van der Waals surface area contributed by atoms with Gasteiger partial charge in [-0.05, 0) is 47.9 Å². The summed E-state index contributed by atoms with van der Waals surface area (Å²) in [6, 6.07) is 4.38. The Bertz CT molecular complexity index is 2610. The number of urea groups is 1. The molecule has 56 heavy (non-hydrogen) atoms. The number of benzene rings is 3. The fraction of sp³-hybridized carbons (Fsp3) is 0.154. The van der Waals surface area contributed by atoms with Gasteiger partial charge in [0.05, 0.1) is 39.3 Å². The van der Waals surface area contributed by atoms with E-state index in [1.807, 2.05) is 0 Å². The number of fused-ring (bicyclic) bond motifs is 1. The van der Waals surface area contributed by atoms with Crippen molar-refractivity contribution in [2.45, 2.75) is 14.7 Å². The first-order valence-electron chi connectivity index (χ1n) is 14.0. The van der Waals surface area contributed by atoms with Crippen molar-refractivity contribution < 1.29 is 150 Å². The molecule has 0 bridgehead atoms. The summed E-state index contributed by atoms with van der Waals surface area (Å²) in [7, 11) is -19.8. The second kappa shape index (κ2) is 21.1. The molecule has 1 heterocycles. The molecule has 0 saturated carbocycles. The minimum absolute atomic E-state index is 0. The van der Waals surface area contributed by atoms with Crippen LogP contribution in [0.1, 0.15) is 0 Å². The largest absolute Gasteiger partial charge is 1.00 e. The summed E-state index contributed by atoms with van der Waals surface area (Å²) in [6.07, 6.45) is -1.22. The monoisotopic (exact) mass is 885 g/mol. The van der Waals surface area contributed by atoms with Gasteiger partial charge in [-0.25, -0.2) is 38.5 Å². The van der Waals surface area contributed by atoms with E-state index in [4.69, 9.17) is 10.5 Å². The number of nitrogens with zero attached hydrogens (tertiary/aromatic N) is 5. The van der Waals surface area contributed by atoms with Crippen LogP contribution in [0.25, 0.3) is 10.8 Å². The van der Waals surface area contributed by atoms with E-state index >= 15 is 0 Å². The van der Waals surface area contributed by atoms with Crippen LogP contribution in [0.3, 0.4) is 0 Å². The summed E-state index contributed by atoms with van der Waals surface area (Å²) in [4.78, 5) is 19.1. The molecule has 0 unspecified atom stereocenters. The van der Waals surface area contributed by atoms with Gasteiger partial charge in [-0.15, -0.1) is 10.2 Å². The molecular weight excluding hydrogens is 863 g/mol. The zero-order chi connectivity index (χ0) is 39.4. The zero-order valence-corrected chi connectivity index (χ0v) is 38.6. The number of carbonyl (C=O) groups is 1. The number of primary amides is 1. The average Bonchev–Trinajstić information content (AvgIpc) is 3.03. The van der Waals surface area contributed by atoms with Crippen molar-refractivity contribution in [3.63, 3.8) is 0 Å². The van der Waals surface area contributed by atoms with Crippen molar-refractivity contribution in [3.8, 4) is 0 Å². The fourth-order valence-corrected chi connectivity index (χ4v) is 6.67. The minimum Gasteiger partial charge on any atom is -0.744 e. The summed E-state index contributed by atoms with van der Waals surface area (Å²) in [6.45, 7) is 3.09. The van der Waals surface area contributed by atoms with Gasteiger partial charge in [-0.3, -0.25) is 0 Å². The van der Waals surface area contributed by atoms with Crippen LogP contribution < -0.4 is 110 Å². The van der Waals surface area contributed by atoms with Crippen LogP contribution in [0.5, 0.6) is 0 Å². The van der Waals surface area contributed by atoms with Gasteiger partial charge in [0.1, 0.15) is 41.7 Å². The Morgan fingerprint density at radius 1 is 0.821 bits per heavy atom. The molecule has 1 aromatic heterocycles. The molecule has 0 radical (unpaired) electrons. The SMILES string of the molecule is C=CS(=O)(=O)CCOCCNc1nc(F)nc(Nc2ccc(N=Nc3cc4c(S(=O)(=O)[O-])cc(S(=O)(=O)[O-])cc4cc3S(=O)(=O)[O-])c(NC(N)=O)c2)n1.[Na+].[Na+].[Na+]. The predicted molar refractivity (Wildman–Crippen MR) is 178 cm³/mol. The van der Waals surface area contributed by atoms with Crippen molar-refractivity contribution in [1.29, 1.82) is 0 Å². The molecular formula is C26H23FN9Na3O13S4. The van der Waals surface area contributed by atoms with Crippen LogP contribution in [0, 0.1) is 6.08 Å². The molecule has 30 heteroatoms. The number of aromatic nitrogens is 3. The third-order valence-electron chi connectivity index (χ3n) is 6.47. The number of anilines is 4. The molecule has 2 amide bonds. The molecule has 0 aliphatic rings. The molecule has 22 nitrogen and oxygen atoms in total. The standard InChI is InChI=1S/C26H26FN9O13S4.3Na/c1-2-50(38,39)8-7-49-6-5-29-25-32-23(27)33-26(34-25)30-15-3-4-18(19(11-15)31-24(28)37)35-36-20-13-17-14(10-22(20)53(46,47)48)9-16(51(40,41)42)12-21(17)52(43,44)45;;;/h2-4,9-13H,1,5-8H2,(H3,28,31,37)(H,40,41,42)(H,43,44,45)(H,46,47,48)(H2,29,30,32,33,34);;;/q;3*+1/p-3. The number of ether oxygens (including phenoxy) is 1. The molecule has 284 valence electrons. The molecule has 0 aliphatic carbocycles. The number of azo groups is 1. The fourth-order valence-electron chi connectivity index (χ4n) is 4.20. The predicted octanol–water partition coefficient (Wildman–Crippen LogP) is -7.48. The molecule has 0 aliphatic heterocycles. The second-order valence-corrected chi connectivity index (χ2v) is 16.3. The molecule has 0 spiro atoms. The third-order valence-corrected chi connectivity index (χ3v) is 10.3. The number of rotatable bonds is 16. The quantitative estimate of drug-likeness (QED) is 0.0351. The minimum atomic E-state index is -5.50. The second-order valence-electron chi connectivity index (χ2n) is 10.2. The maximum absolute atomic E-state index is 14.2. The number of carbonyl (C=O) groups excluding carboxylic acids is 1. The molecule has 3 aromatic carbocycles. The molecule has 4 aromatic rings. The van der Waals surface area contributed by atoms with E-state index in [-0.39, 0.29) is 149 Å². The van der Waals surface area contributed by atoms with Crippen molar-refractivity contribution in [3.05, 3.63) is 60.5 Å². The molecule has 0 fully saturated rings. The van der Waals surface area contributed by atoms with E-state index in [2.05, 4.69) is 47.7 Å². The first-order valence-corrected chi connectivity index (χ1v) is 20.0. The normalized spacial score (nSPS) is 11.9. The van der Waals surface area contributed by atoms with Crippen LogP contribution in [0.15, 0.2) is 79.4 Å². The van der Waals surface area contributed by atoms with Crippen molar-refractivity contribution in [2.75, 3.05) is 41.5 Å². The van der Waals surface area contributed by atoms with Gasteiger partial charge < -0.3 is 40.1 Å². The topological polar surface area (TPSA) is 358 Å². The Balaban J connectivity index is 0.00000523. The summed E-state index contributed by atoms with van der Waals surface area (Å²) in [5, 5.41) is 14.5. The first-order chi connectivity index (χ1) is 24.6. The van der Waals surface area contributed by atoms with E-state index < -0.39 is 83.4 Å². The number of sulfone groups is 1. The first kappa shape index (κ1) is 51.7. The molecule has 0 atom stereocenters. The van der Waals surface area contributed by atoms with Gasteiger partial charge >= 0.3 is 101 Å². The Labute approximate surface area is 384 Å². The molecule has 4 rings (SSSR count). The Morgan fingerprint density at radius 2 is 1.45 bits per heavy atom. The molecule has 0 saturated heterocycles. The van der Waals surface area contributed by atoms with Crippen molar-refractivity contribution >= 4 is 91.6 Å². The number of nitrogens with two attached hydrogens (primary N) is 1. The van der Waals surface area contributed by atoms with Gasteiger partial charge in [0.2, 0.25) is 11.9 Å². The maximum Gasteiger partial charge on any atom is 1.00 e. The van der Waals surface area contributed by atoms with Crippen molar-refractivity contribution in [2.24, 2.45) is 16.0 Å². The number of amides is 2. The van der Waals surface area contributed by atoms with E-state index in [1.54, 1.807) is 0 Å². The van der Waals surface area contributed by atoms with Gasteiger partial charge in [0.15, 0.2) is 9.84 Å². The van der Waals surface area contributed by atoms with Crippen LogP contribution in [0.4, 0.5) is 43.8 Å². The van der Waals surface area contributed by atoms with E-state index in [1.165, 1.54) is 6.07 Å². The van der Waals surface area contributed by atoms with E-state index in [9.17, 15) is 56.5 Å². The number of hydrogen-bond acceptors (Lipinski definition) is 20. The van der Waals surface area contributed by atoms with E-state index in [0.29, 0.717) is 18.2 Å². The third kappa shape index (κ3) is 14.8.